The molecule has 1 N–H and O–H groups in total. The highest BCUT2D eigenvalue weighted by atomic mass is 79.9. The van der Waals surface area contributed by atoms with E-state index in [0.29, 0.717) is 11.1 Å². The standard InChI is InChI=1S/C16H18BrFN2O/c1-11-9-12(17)10-13(15(11)18)16(14-3-2-8-21-14)20-6-4-19-5-7-20/h2-3,8-10,16,19H,4-7H2,1H3/t16-/m0/s1. The molecule has 1 fully saturated rings. The number of aryl methyl sites for hydroxylation is 1. The highest BCUT2D eigenvalue weighted by molar-refractivity contribution is 9.10. The fourth-order valence-corrected chi connectivity index (χ4v) is 3.46. The van der Waals surface area contributed by atoms with Crippen LogP contribution in [0.1, 0.15) is 22.9 Å². The van der Waals surface area contributed by atoms with Crippen molar-refractivity contribution < 1.29 is 8.81 Å². The Labute approximate surface area is 132 Å². The number of furan rings is 1. The lowest BCUT2D eigenvalue weighted by Gasteiger charge is -2.34. The van der Waals surface area contributed by atoms with Gasteiger partial charge in [0.15, 0.2) is 0 Å². The van der Waals surface area contributed by atoms with E-state index in [1.54, 1.807) is 19.3 Å². The molecule has 1 atom stereocenters. The van der Waals surface area contributed by atoms with E-state index in [0.717, 1.165) is 36.4 Å². The molecule has 0 bridgehead atoms. The number of nitrogens with one attached hydrogen (secondary N) is 1. The Morgan fingerprint density at radius 3 is 2.76 bits per heavy atom. The van der Waals surface area contributed by atoms with E-state index in [4.69, 9.17) is 4.42 Å². The monoisotopic (exact) mass is 352 g/mol. The number of nitrogens with zero attached hydrogens (tertiary/aromatic N) is 1. The maximum Gasteiger partial charge on any atom is 0.131 e. The van der Waals surface area contributed by atoms with Gasteiger partial charge in [-0.2, -0.15) is 0 Å². The Morgan fingerprint density at radius 2 is 2.10 bits per heavy atom. The van der Waals surface area contributed by atoms with Gasteiger partial charge in [0.1, 0.15) is 11.6 Å². The molecule has 1 aromatic heterocycles. The van der Waals surface area contributed by atoms with Crippen LogP contribution in [0.25, 0.3) is 0 Å². The maximum atomic E-state index is 14.7. The van der Waals surface area contributed by atoms with Gasteiger partial charge in [0.2, 0.25) is 0 Å². The smallest absolute Gasteiger partial charge is 0.131 e. The van der Waals surface area contributed by atoms with Crippen molar-refractivity contribution in [3.63, 3.8) is 0 Å². The molecule has 3 rings (SSSR count). The summed E-state index contributed by atoms with van der Waals surface area (Å²) in [6.07, 6.45) is 1.65. The second-order valence-corrected chi connectivity index (χ2v) is 6.25. The second-order valence-electron chi connectivity index (χ2n) is 5.33. The van der Waals surface area contributed by atoms with Crippen molar-refractivity contribution in [2.75, 3.05) is 26.2 Å². The molecule has 0 amide bonds. The first-order chi connectivity index (χ1) is 10.2. The molecule has 1 aromatic carbocycles. The second kappa shape index (κ2) is 6.30. The number of rotatable bonds is 3. The van der Waals surface area contributed by atoms with E-state index in [9.17, 15) is 4.39 Å². The van der Waals surface area contributed by atoms with E-state index in [1.165, 1.54) is 0 Å². The number of halogens is 2. The van der Waals surface area contributed by atoms with E-state index in [-0.39, 0.29) is 11.9 Å². The van der Waals surface area contributed by atoms with Crippen LogP contribution in [0.4, 0.5) is 4.39 Å². The van der Waals surface area contributed by atoms with E-state index < -0.39 is 0 Å². The molecule has 1 aliphatic rings. The lowest BCUT2D eigenvalue weighted by Crippen LogP contribution is -2.45. The van der Waals surface area contributed by atoms with Crippen LogP contribution < -0.4 is 5.32 Å². The van der Waals surface area contributed by atoms with Crippen molar-refractivity contribution in [1.29, 1.82) is 0 Å². The molecule has 2 aromatic rings. The summed E-state index contributed by atoms with van der Waals surface area (Å²) in [6.45, 7) is 5.35. The lowest BCUT2D eigenvalue weighted by molar-refractivity contribution is 0.177. The average Bonchev–Trinajstić information content (AvgIpc) is 2.99. The van der Waals surface area contributed by atoms with E-state index >= 15 is 0 Å². The molecular weight excluding hydrogens is 335 g/mol. The predicted octanol–water partition coefficient (Wildman–Crippen LogP) is 3.48. The van der Waals surface area contributed by atoms with Crippen molar-refractivity contribution in [3.05, 3.63) is 57.7 Å². The van der Waals surface area contributed by atoms with Gasteiger partial charge in [-0.25, -0.2) is 4.39 Å². The highest BCUT2D eigenvalue weighted by Gasteiger charge is 2.29. The molecule has 112 valence electrons. The number of benzene rings is 1. The Balaban J connectivity index is 2.07. The lowest BCUT2D eigenvalue weighted by atomic mass is 9.99. The van der Waals surface area contributed by atoms with E-state index in [1.807, 2.05) is 18.2 Å². The summed E-state index contributed by atoms with van der Waals surface area (Å²) in [4.78, 5) is 2.26. The molecular formula is C16H18BrFN2O. The van der Waals surface area contributed by atoms with Crippen molar-refractivity contribution >= 4 is 15.9 Å². The normalized spacial score (nSPS) is 17.9. The van der Waals surface area contributed by atoms with Crippen LogP contribution in [0.2, 0.25) is 0 Å². The molecule has 3 nitrogen and oxygen atoms in total. The van der Waals surface area contributed by atoms with Crippen LogP contribution >= 0.6 is 15.9 Å². The maximum absolute atomic E-state index is 14.7. The summed E-state index contributed by atoms with van der Waals surface area (Å²) in [6, 6.07) is 7.25. The van der Waals surface area contributed by atoms with Crippen LogP contribution in [0.15, 0.2) is 39.4 Å². The van der Waals surface area contributed by atoms with Crippen molar-refractivity contribution in [2.24, 2.45) is 0 Å². The SMILES string of the molecule is Cc1cc(Br)cc([C@@H](c2ccco2)N2CCNCC2)c1F. The summed E-state index contributed by atoms with van der Waals surface area (Å²) < 4.78 is 21.2. The Kier molecular flexibility index (Phi) is 4.42. The number of hydrogen-bond donors (Lipinski definition) is 1. The Bertz CT molecular complexity index is 609. The molecule has 0 saturated carbocycles. The molecule has 1 aliphatic heterocycles. The third-order valence-corrected chi connectivity index (χ3v) is 4.33. The van der Waals surface area contributed by atoms with Gasteiger partial charge in [-0.1, -0.05) is 15.9 Å². The largest absolute Gasteiger partial charge is 0.467 e. The molecule has 0 aliphatic carbocycles. The summed E-state index contributed by atoms with van der Waals surface area (Å²) in [5, 5.41) is 3.33. The van der Waals surface area contributed by atoms with Gasteiger partial charge in [0, 0.05) is 36.2 Å². The first kappa shape index (κ1) is 14.8. The zero-order valence-corrected chi connectivity index (χ0v) is 13.5. The summed E-state index contributed by atoms with van der Waals surface area (Å²) in [5.74, 6) is 0.631. The first-order valence-corrected chi connectivity index (χ1v) is 7.90. The fraction of sp³-hybridized carbons (Fsp3) is 0.375. The van der Waals surface area contributed by atoms with Crippen LogP contribution in [0.3, 0.4) is 0 Å². The van der Waals surface area contributed by atoms with Crippen LogP contribution in [-0.4, -0.2) is 31.1 Å². The van der Waals surface area contributed by atoms with Crippen molar-refractivity contribution in [1.82, 2.24) is 10.2 Å². The van der Waals surface area contributed by atoms with Gasteiger partial charge in [-0.15, -0.1) is 0 Å². The molecule has 21 heavy (non-hydrogen) atoms. The van der Waals surface area contributed by atoms with Crippen LogP contribution in [-0.2, 0) is 0 Å². The molecule has 5 heteroatoms. The van der Waals surface area contributed by atoms with Crippen LogP contribution in [0.5, 0.6) is 0 Å². The highest BCUT2D eigenvalue weighted by Crippen LogP contribution is 2.34. The zero-order chi connectivity index (χ0) is 14.8. The average molecular weight is 353 g/mol. The Hall–Kier alpha value is -1.17. The van der Waals surface area contributed by atoms with Gasteiger partial charge in [-0.3, -0.25) is 4.90 Å². The Morgan fingerprint density at radius 1 is 1.33 bits per heavy atom. The van der Waals surface area contributed by atoms with Gasteiger partial charge >= 0.3 is 0 Å². The topological polar surface area (TPSA) is 28.4 Å². The number of piperazine rings is 1. The van der Waals surface area contributed by atoms with E-state index in [2.05, 4.69) is 26.1 Å². The molecule has 1 saturated heterocycles. The van der Waals surface area contributed by atoms with Gasteiger partial charge < -0.3 is 9.73 Å². The first-order valence-electron chi connectivity index (χ1n) is 7.10. The molecule has 0 radical (unpaired) electrons. The van der Waals surface area contributed by atoms with Crippen molar-refractivity contribution in [3.8, 4) is 0 Å². The summed E-state index contributed by atoms with van der Waals surface area (Å²) in [7, 11) is 0. The number of hydrogen-bond acceptors (Lipinski definition) is 3. The minimum Gasteiger partial charge on any atom is -0.467 e. The zero-order valence-electron chi connectivity index (χ0n) is 11.9. The van der Waals surface area contributed by atoms with Gasteiger partial charge in [0.05, 0.1) is 12.3 Å². The minimum atomic E-state index is -0.182. The third kappa shape index (κ3) is 3.05. The molecule has 0 spiro atoms. The van der Waals surface area contributed by atoms with Gasteiger partial charge in [-0.05, 0) is 36.8 Å². The van der Waals surface area contributed by atoms with Crippen LogP contribution in [0, 0.1) is 12.7 Å². The fourth-order valence-electron chi connectivity index (χ4n) is 2.87. The van der Waals surface area contributed by atoms with Gasteiger partial charge in [0.25, 0.3) is 0 Å². The summed E-state index contributed by atoms with van der Waals surface area (Å²) >= 11 is 3.47. The molecule has 0 unspecified atom stereocenters. The summed E-state index contributed by atoms with van der Waals surface area (Å²) in [5.41, 5.74) is 1.31. The quantitative estimate of drug-likeness (QED) is 0.916. The minimum absolute atomic E-state index is 0.155. The molecule has 2 heterocycles. The third-order valence-electron chi connectivity index (χ3n) is 3.87. The predicted molar refractivity (Wildman–Crippen MR) is 83.8 cm³/mol. The van der Waals surface area contributed by atoms with Crippen molar-refractivity contribution in [2.45, 2.75) is 13.0 Å².